The van der Waals surface area contributed by atoms with Gasteiger partial charge < -0.3 is 9.84 Å². The molecule has 0 bridgehead atoms. The van der Waals surface area contributed by atoms with E-state index < -0.39 is 5.97 Å². The van der Waals surface area contributed by atoms with E-state index >= 15 is 0 Å². The van der Waals surface area contributed by atoms with Crippen molar-refractivity contribution in [2.45, 2.75) is 39.7 Å². The molecule has 1 heterocycles. The van der Waals surface area contributed by atoms with E-state index in [9.17, 15) is 4.79 Å². The average molecular weight is 234 g/mol. The van der Waals surface area contributed by atoms with Crippen LogP contribution in [0, 0.1) is 5.41 Å². The summed E-state index contributed by atoms with van der Waals surface area (Å²) in [5.74, 6) is -0.0882. The minimum Gasteiger partial charge on any atom is -0.487 e. The van der Waals surface area contributed by atoms with Crippen molar-refractivity contribution < 1.29 is 14.6 Å². The lowest BCUT2D eigenvalue weighted by Crippen LogP contribution is -2.48. The summed E-state index contributed by atoms with van der Waals surface area (Å²) < 4.78 is 5.98. The van der Waals surface area contributed by atoms with Crippen LogP contribution in [0.25, 0.3) is 0 Å². The Labute approximate surface area is 101 Å². The summed E-state index contributed by atoms with van der Waals surface area (Å²) in [7, 11) is 0. The Balaban J connectivity index is 2.47. The molecule has 3 nitrogen and oxygen atoms in total. The number of fused-ring (bicyclic) bond motifs is 1. The second kappa shape index (κ2) is 3.49. The zero-order valence-corrected chi connectivity index (χ0v) is 10.7. The van der Waals surface area contributed by atoms with Crippen molar-refractivity contribution in [1.29, 1.82) is 0 Å². The molecule has 0 aromatic heterocycles. The molecule has 0 atom stereocenters. The lowest BCUT2D eigenvalue weighted by Gasteiger charge is -2.46. The van der Waals surface area contributed by atoms with Gasteiger partial charge in [0.05, 0.1) is 5.56 Å². The van der Waals surface area contributed by atoms with Gasteiger partial charge in [-0.1, -0.05) is 13.8 Å². The minimum atomic E-state index is -0.893. The molecule has 17 heavy (non-hydrogen) atoms. The normalized spacial score (nSPS) is 20.2. The predicted octanol–water partition coefficient (Wildman–Crippen LogP) is 3.12. The van der Waals surface area contributed by atoms with Crippen LogP contribution in [0.15, 0.2) is 18.2 Å². The first kappa shape index (κ1) is 12.0. The van der Waals surface area contributed by atoms with Gasteiger partial charge in [0.15, 0.2) is 0 Å². The fraction of sp³-hybridized carbons (Fsp3) is 0.500. The standard InChI is InChI=1S/C14H18O3/c1-13(2)8-10-7-9(12(15)16)5-6-11(10)17-14(13,3)4/h5-7H,8H2,1-4H3,(H,15,16). The molecule has 0 saturated carbocycles. The lowest BCUT2D eigenvalue weighted by atomic mass is 9.71. The van der Waals surface area contributed by atoms with Gasteiger partial charge in [-0.15, -0.1) is 0 Å². The second-order valence-corrected chi connectivity index (χ2v) is 5.80. The third-order valence-electron chi connectivity index (χ3n) is 3.93. The molecule has 0 fully saturated rings. The van der Waals surface area contributed by atoms with Crippen LogP contribution < -0.4 is 4.74 Å². The first-order chi connectivity index (χ1) is 7.73. The lowest BCUT2D eigenvalue weighted by molar-refractivity contribution is -0.0270. The van der Waals surface area contributed by atoms with Crippen LogP contribution >= 0.6 is 0 Å². The Bertz CT molecular complexity index is 472. The zero-order chi connectivity index (χ0) is 12.8. The van der Waals surface area contributed by atoms with E-state index in [0.717, 1.165) is 17.7 Å². The number of carbonyl (C=O) groups is 1. The molecular formula is C14H18O3. The number of benzene rings is 1. The number of aromatic carboxylic acids is 1. The van der Waals surface area contributed by atoms with E-state index in [1.165, 1.54) is 0 Å². The Hall–Kier alpha value is -1.51. The number of carboxylic acids is 1. The highest BCUT2D eigenvalue weighted by atomic mass is 16.5. The molecule has 1 aromatic rings. The van der Waals surface area contributed by atoms with E-state index in [1.54, 1.807) is 18.2 Å². The van der Waals surface area contributed by atoms with Crippen LogP contribution in [0.3, 0.4) is 0 Å². The van der Waals surface area contributed by atoms with Crippen LogP contribution in [0.1, 0.15) is 43.6 Å². The quantitative estimate of drug-likeness (QED) is 0.812. The molecule has 3 heteroatoms. The van der Waals surface area contributed by atoms with Crippen molar-refractivity contribution >= 4 is 5.97 Å². The van der Waals surface area contributed by atoms with Gasteiger partial charge in [0.2, 0.25) is 0 Å². The fourth-order valence-electron chi connectivity index (χ4n) is 2.05. The molecule has 0 saturated heterocycles. The van der Waals surface area contributed by atoms with Gasteiger partial charge in [0.1, 0.15) is 11.4 Å². The third kappa shape index (κ3) is 1.90. The van der Waals surface area contributed by atoms with Crippen LogP contribution in [0.5, 0.6) is 5.75 Å². The van der Waals surface area contributed by atoms with Gasteiger partial charge in [-0.3, -0.25) is 0 Å². The molecule has 1 aliphatic rings. The monoisotopic (exact) mass is 234 g/mol. The molecule has 0 radical (unpaired) electrons. The molecular weight excluding hydrogens is 216 g/mol. The maximum Gasteiger partial charge on any atom is 0.335 e. The summed E-state index contributed by atoms with van der Waals surface area (Å²) in [6.45, 7) is 8.43. The molecule has 0 aliphatic carbocycles. The van der Waals surface area contributed by atoms with E-state index in [1.807, 2.05) is 0 Å². The molecule has 0 amide bonds. The minimum absolute atomic E-state index is 0.0167. The smallest absolute Gasteiger partial charge is 0.335 e. The number of carboxylic acid groups (broad SMARTS) is 1. The first-order valence-corrected chi connectivity index (χ1v) is 5.78. The van der Waals surface area contributed by atoms with Crippen LogP contribution in [0.2, 0.25) is 0 Å². The van der Waals surface area contributed by atoms with Crippen molar-refractivity contribution in [1.82, 2.24) is 0 Å². The summed E-state index contributed by atoms with van der Waals surface area (Å²) in [6, 6.07) is 5.07. The topological polar surface area (TPSA) is 46.5 Å². The largest absolute Gasteiger partial charge is 0.487 e. The SMILES string of the molecule is CC1(C)Cc2cc(C(=O)O)ccc2OC1(C)C. The van der Waals surface area contributed by atoms with Crippen LogP contribution in [-0.2, 0) is 6.42 Å². The maximum atomic E-state index is 10.9. The molecule has 0 unspecified atom stereocenters. The van der Waals surface area contributed by atoms with Gasteiger partial charge in [0.25, 0.3) is 0 Å². The summed E-state index contributed by atoms with van der Waals surface area (Å²) in [6.07, 6.45) is 0.830. The fourth-order valence-corrected chi connectivity index (χ4v) is 2.05. The molecule has 92 valence electrons. The Morgan fingerprint density at radius 3 is 2.53 bits per heavy atom. The molecule has 0 spiro atoms. The van der Waals surface area contributed by atoms with E-state index in [0.29, 0.717) is 5.56 Å². The van der Waals surface area contributed by atoms with Crippen molar-refractivity contribution in [3.63, 3.8) is 0 Å². The van der Waals surface area contributed by atoms with E-state index in [-0.39, 0.29) is 11.0 Å². The number of rotatable bonds is 1. The second-order valence-electron chi connectivity index (χ2n) is 5.80. The Morgan fingerprint density at radius 1 is 1.29 bits per heavy atom. The van der Waals surface area contributed by atoms with Gasteiger partial charge in [-0.25, -0.2) is 4.79 Å². The number of hydrogen-bond acceptors (Lipinski definition) is 2. The highest BCUT2D eigenvalue weighted by Gasteiger charge is 2.43. The highest BCUT2D eigenvalue weighted by Crippen LogP contribution is 2.44. The number of hydrogen-bond donors (Lipinski definition) is 1. The van der Waals surface area contributed by atoms with Gasteiger partial charge >= 0.3 is 5.97 Å². The summed E-state index contributed by atoms with van der Waals surface area (Å²) in [5.41, 5.74) is 1.04. The molecule has 1 aliphatic heterocycles. The summed E-state index contributed by atoms with van der Waals surface area (Å²) in [4.78, 5) is 10.9. The summed E-state index contributed by atoms with van der Waals surface area (Å²) >= 11 is 0. The zero-order valence-electron chi connectivity index (χ0n) is 10.7. The maximum absolute atomic E-state index is 10.9. The van der Waals surface area contributed by atoms with Crippen LogP contribution in [-0.4, -0.2) is 16.7 Å². The van der Waals surface area contributed by atoms with Crippen molar-refractivity contribution in [2.24, 2.45) is 5.41 Å². The predicted molar refractivity (Wildman–Crippen MR) is 65.6 cm³/mol. The first-order valence-electron chi connectivity index (χ1n) is 5.78. The molecule has 1 N–H and O–H groups in total. The van der Waals surface area contributed by atoms with E-state index in [2.05, 4.69) is 27.7 Å². The Morgan fingerprint density at radius 2 is 1.94 bits per heavy atom. The van der Waals surface area contributed by atoms with Gasteiger partial charge in [-0.2, -0.15) is 0 Å². The average Bonchev–Trinajstić information content (AvgIpc) is 2.17. The molecule has 2 rings (SSSR count). The Kier molecular flexibility index (Phi) is 2.45. The van der Waals surface area contributed by atoms with Crippen molar-refractivity contribution in [3.05, 3.63) is 29.3 Å². The van der Waals surface area contributed by atoms with Crippen molar-refractivity contribution in [3.8, 4) is 5.75 Å². The number of ether oxygens (including phenoxy) is 1. The third-order valence-corrected chi connectivity index (χ3v) is 3.93. The van der Waals surface area contributed by atoms with Gasteiger partial charge in [-0.05, 0) is 44.0 Å². The highest BCUT2D eigenvalue weighted by molar-refractivity contribution is 5.88. The van der Waals surface area contributed by atoms with Crippen molar-refractivity contribution in [2.75, 3.05) is 0 Å². The van der Waals surface area contributed by atoms with E-state index in [4.69, 9.17) is 9.84 Å². The summed E-state index contributed by atoms with van der Waals surface area (Å²) in [5, 5.41) is 8.98. The molecule has 1 aromatic carbocycles. The van der Waals surface area contributed by atoms with Crippen LogP contribution in [0.4, 0.5) is 0 Å². The van der Waals surface area contributed by atoms with Gasteiger partial charge in [0, 0.05) is 5.41 Å².